The topological polar surface area (TPSA) is 200 Å². The number of rotatable bonds is 19. The number of benzene rings is 2. The lowest BCUT2D eigenvalue weighted by Gasteiger charge is -2.21. The number of carbonyl (C=O) groups is 3. The Morgan fingerprint density at radius 2 is 1.87 bits per heavy atom. The van der Waals surface area contributed by atoms with Crippen LogP contribution in [0.15, 0.2) is 86.9 Å². The van der Waals surface area contributed by atoms with Gasteiger partial charge in [-0.1, -0.05) is 24.3 Å². The van der Waals surface area contributed by atoms with Gasteiger partial charge in [-0.05, 0) is 92.4 Å². The molecule has 8 rings (SSSR count). The second kappa shape index (κ2) is 18.2. The molecule has 2 fully saturated rings. The number of ether oxygens (including phenoxy) is 1. The largest absolute Gasteiger partial charge is 0.444 e. The highest BCUT2D eigenvalue weighted by atomic mass is 19.3. The van der Waals surface area contributed by atoms with Gasteiger partial charge in [-0.3, -0.25) is 24.3 Å². The van der Waals surface area contributed by atoms with E-state index in [0.717, 1.165) is 24.1 Å². The van der Waals surface area contributed by atoms with Crippen LogP contribution in [0.3, 0.4) is 0 Å². The summed E-state index contributed by atoms with van der Waals surface area (Å²) in [4.78, 5) is 58.3. The highest BCUT2D eigenvalue weighted by Gasteiger charge is 2.32. The Morgan fingerprint density at radius 1 is 1.03 bits per heavy atom. The molecule has 1 unspecified atom stereocenters. The van der Waals surface area contributed by atoms with Crippen LogP contribution >= 0.6 is 0 Å². The molecular formula is C42H43F2N9O7. The number of aromatic nitrogens is 5. The molecule has 16 nitrogen and oxygen atoms in total. The molecule has 3 amide bonds. The van der Waals surface area contributed by atoms with Crippen molar-refractivity contribution >= 4 is 40.3 Å². The average Bonchev–Trinajstić information content (AvgIpc) is 3.59. The van der Waals surface area contributed by atoms with Crippen molar-refractivity contribution in [3.8, 4) is 17.1 Å². The van der Waals surface area contributed by atoms with Gasteiger partial charge in [0.15, 0.2) is 17.0 Å². The molecule has 60 heavy (non-hydrogen) atoms. The first-order chi connectivity index (χ1) is 29.2. The molecule has 1 atom stereocenters. The third-order valence-corrected chi connectivity index (χ3v) is 10.4. The van der Waals surface area contributed by atoms with Crippen LogP contribution in [0.25, 0.3) is 28.2 Å². The molecule has 312 valence electrons. The number of nitrogens with zero attached hydrogens (tertiary/aromatic N) is 5. The number of aryl methyl sites for hydroxylation is 1. The van der Waals surface area contributed by atoms with Gasteiger partial charge in [0, 0.05) is 44.5 Å². The van der Waals surface area contributed by atoms with Crippen LogP contribution in [0.5, 0.6) is 0 Å². The average molecular weight is 824 g/mol. The van der Waals surface area contributed by atoms with Gasteiger partial charge in [0.2, 0.25) is 17.7 Å². The first-order valence-corrected chi connectivity index (χ1v) is 19.9. The molecule has 4 N–H and O–H groups in total. The van der Waals surface area contributed by atoms with Crippen LogP contribution in [0.2, 0.25) is 0 Å². The van der Waals surface area contributed by atoms with Crippen LogP contribution in [0, 0.1) is 5.92 Å². The minimum Gasteiger partial charge on any atom is -0.444 e. The molecule has 2 aromatic carbocycles. The molecule has 5 heterocycles. The van der Waals surface area contributed by atoms with E-state index in [1.54, 1.807) is 36.5 Å². The molecule has 0 bridgehead atoms. The highest BCUT2D eigenvalue weighted by molar-refractivity contribution is 6.03. The zero-order chi connectivity index (χ0) is 41.6. The maximum atomic E-state index is 14.0. The SMILES string of the molecule is O=C1CCC(n2c(=O)oc3c(CCCOCCCNCc4ccc(-n5cc(NC(=O)c6coc(-c7ccnc(NCC8CC8)c7)n6)c(C(F)F)n5)cc4)cccc32)C(=O)N1. The Labute approximate surface area is 341 Å². The molecule has 6 aromatic rings. The zero-order valence-electron chi connectivity index (χ0n) is 32.5. The summed E-state index contributed by atoms with van der Waals surface area (Å²) in [6, 6.07) is 15.4. The summed E-state index contributed by atoms with van der Waals surface area (Å²) >= 11 is 0. The second-order valence-electron chi connectivity index (χ2n) is 14.8. The van der Waals surface area contributed by atoms with Crippen molar-refractivity contribution < 1.29 is 36.7 Å². The van der Waals surface area contributed by atoms with Crippen molar-refractivity contribution in [2.24, 2.45) is 5.92 Å². The number of pyridine rings is 1. The fourth-order valence-corrected chi connectivity index (χ4v) is 7.00. The summed E-state index contributed by atoms with van der Waals surface area (Å²) in [6.45, 7) is 3.17. The minimum absolute atomic E-state index is 0.0745. The molecule has 1 aliphatic heterocycles. The monoisotopic (exact) mass is 823 g/mol. The van der Waals surface area contributed by atoms with Gasteiger partial charge in [0.25, 0.3) is 12.3 Å². The third-order valence-electron chi connectivity index (χ3n) is 10.4. The van der Waals surface area contributed by atoms with E-state index >= 15 is 0 Å². The summed E-state index contributed by atoms with van der Waals surface area (Å²) in [5, 5.41) is 15.5. The number of alkyl halides is 2. The van der Waals surface area contributed by atoms with Crippen LogP contribution in [-0.2, 0) is 27.3 Å². The number of piperidine rings is 1. The molecule has 1 saturated carbocycles. The van der Waals surface area contributed by atoms with Crippen molar-refractivity contribution in [1.29, 1.82) is 0 Å². The summed E-state index contributed by atoms with van der Waals surface area (Å²) in [6.07, 6.45) is 6.08. The van der Waals surface area contributed by atoms with E-state index < -0.39 is 35.7 Å². The molecule has 1 aliphatic carbocycles. The fraction of sp³-hybridized carbons (Fsp3) is 0.357. The number of amides is 3. The second-order valence-corrected chi connectivity index (χ2v) is 14.8. The van der Waals surface area contributed by atoms with Gasteiger partial charge in [-0.2, -0.15) is 5.10 Å². The number of oxazole rings is 2. The third kappa shape index (κ3) is 9.50. The number of anilines is 2. The molecule has 1 saturated heterocycles. The quantitative estimate of drug-likeness (QED) is 0.0554. The van der Waals surface area contributed by atoms with E-state index in [1.807, 2.05) is 24.3 Å². The zero-order valence-corrected chi connectivity index (χ0v) is 32.5. The number of carbonyl (C=O) groups excluding carboxylic acids is 3. The highest BCUT2D eigenvalue weighted by Crippen LogP contribution is 2.31. The van der Waals surface area contributed by atoms with Gasteiger partial charge in [0.1, 0.15) is 18.1 Å². The maximum Gasteiger partial charge on any atom is 0.420 e. The van der Waals surface area contributed by atoms with E-state index in [4.69, 9.17) is 13.6 Å². The van der Waals surface area contributed by atoms with Gasteiger partial charge in [-0.25, -0.2) is 28.2 Å². The Morgan fingerprint density at radius 3 is 2.67 bits per heavy atom. The summed E-state index contributed by atoms with van der Waals surface area (Å²) < 4.78 is 47.6. The Hall–Kier alpha value is -6.53. The van der Waals surface area contributed by atoms with Crippen LogP contribution < -0.4 is 27.0 Å². The van der Waals surface area contributed by atoms with Crippen molar-refractivity contribution in [2.45, 2.75) is 64.0 Å². The molecule has 0 spiro atoms. The van der Waals surface area contributed by atoms with Crippen LogP contribution in [0.4, 0.5) is 20.3 Å². The molecule has 18 heteroatoms. The molecular weight excluding hydrogens is 781 g/mol. The van der Waals surface area contributed by atoms with Crippen molar-refractivity contribution in [3.63, 3.8) is 0 Å². The maximum absolute atomic E-state index is 14.0. The van der Waals surface area contributed by atoms with E-state index in [1.165, 1.54) is 34.6 Å². The predicted octanol–water partition coefficient (Wildman–Crippen LogP) is 5.95. The predicted molar refractivity (Wildman–Crippen MR) is 215 cm³/mol. The van der Waals surface area contributed by atoms with Crippen LogP contribution in [0.1, 0.15) is 78.3 Å². The van der Waals surface area contributed by atoms with E-state index in [9.17, 15) is 28.0 Å². The number of hydrogen-bond donors (Lipinski definition) is 4. The number of halogens is 2. The van der Waals surface area contributed by atoms with Crippen molar-refractivity contribution in [3.05, 3.63) is 106 Å². The number of para-hydroxylation sites is 1. The fourth-order valence-electron chi connectivity index (χ4n) is 7.00. The lowest BCUT2D eigenvalue weighted by Crippen LogP contribution is -2.43. The first kappa shape index (κ1) is 40.3. The Balaban J connectivity index is 0.767. The van der Waals surface area contributed by atoms with E-state index in [2.05, 4.69) is 36.3 Å². The lowest BCUT2D eigenvalue weighted by atomic mass is 10.0. The normalized spacial score (nSPS) is 15.5. The van der Waals surface area contributed by atoms with E-state index in [0.29, 0.717) is 73.2 Å². The minimum atomic E-state index is -2.94. The Kier molecular flexibility index (Phi) is 12.2. The van der Waals surface area contributed by atoms with Crippen LogP contribution in [-0.4, -0.2) is 68.3 Å². The van der Waals surface area contributed by atoms with Gasteiger partial charge in [0.05, 0.1) is 23.1 Å². The molecule has 0 radical (unpaired) electrons. The van der Waals surface area contributed by atoms with Gasteiger partial charge < -0.3 is 29.5 Å². The summed E-state index contributed by atoms with van der Waals surface area (Å²) in [7, 11) is 0. The number of nitrogens with one attached hydrogen (secondary N) is 4. The van der Waals surface area contributed by atoms with Crippen molar-refractivity contribution in [2.75, 3.05) is 36.9 Å². The summed E-state index contributed by atoms with van der Waals surface area (Å²) in [5.74, 6) is -0.678. The first-order valence-electron chi connectivity index (χ1n) is 19.9. The standard InChI is InChI=1S/C42H43F2N9O7/c43-38(44)36-30(48-39(55)31-24-59-41(49-31)28-15-17-46-34(20-28)47-22-26-7-8-26)23-52(51-36)29-11-9-25(10-12-29)21-45-16-3-19-58-18-2-5-27-4-1-6-32-37(27)60-42(57)53(32)33-13-14-35(54)50-40(33)56/h1,4,6,9-12,15,17,20,23-24,26,33,38,45H,2-3,5,7-8,13-14,16,18-19,21-22H2,(H,46,47)(H,48,55)(H,50,54,56). The lowest BCUT2D eigenvalue weighted by molar-refractivity contribution is -0.135. The Bertz CT molecular complexity index is 2540. The number of imide groups is 1. The van der Waals surface area contributed by atoms with Crippen molar-refractivity contribution in [1.82, 2.24) is 34.9 Å². The number of hydrogen-bond acceptors (Lipinski definition) is 12. The number of fused-ring (bicyclic) bond motifs is 1. The molecule has 2 aliphatic rings. The summed E-state index contributed by atoms with van der Waals surface area (Å²) in [5.41, 5.74) is 3.14. The smallest absolute Gasteiger partial charge is 0.420 e. The van der Waals surface area contributed by atoms with Gasteiger partial charge in [-0.15, -0.1) is 0 Å². The van der Waals surface area contributed by atoms with Gasteiger partial charge >= 0.3 is 5.76 Å². The van der Waals surface area contributed by atoms with E-state index in [-0.39, 0.29) is 36.0 Å². The molecule has 4 aromatic heterocycles.